The number of hydrogen-bond acceptors (Lipinski definition) is 2. The number of rotatable bonds is 8. The molecule has 0 rings (SSSR count). The van der Waals surface area contributed by atoms with Crippen LogP contribution in [-0.4, -0.2) is 23.0 Å². The van der Waals surface area contributed by atoms with Gasteiger partial charge < -0.3 is 10.4 Å². The summed E-state index contributed by atoms with van der Waals surface area (Å²) in [5.74, 6) is -1.22. The summed E-state index contributed by atoms with van der Waals surface area (Å²) in [5, 5.41) is 11.7. The summed E-state index contributed by atoms with van der Waals surface area (Å²) in [5.41, 5.74) is 0. The van der Waals surface area contributed by atoms with E-state index >= 15 is 0 Å². The number of amides is 1. The molecule has 0 saturated heterocycles. The zero-order valence-corrected chi connectivity index (χ0v) is 11.3. The van der Waals surface area contributed by atoms with Crippen molar-refractivity contribution in [1.29, 1.82) is 0 Å². The maximum atomic E-state index is 12.0. The predicted octanol–water partition coefficient (Wildman–Crippen LogP) is 2.43. The van der Waals surface area contributed by atoms with E-state index in [1.807, 2.05) is 13.8 Å². The van der Waals surface area contributed by atoms with Crippen molar-refractivity contribution in [3.63, 3.8) is 0 Å². The molecule has 4 nitrogen and oxygen atoms in total. The molecule has 0 bridgehead atoms. The van der Waals surface area contributed by atoms with E-state index in [1.54, 1.807) is 13.8 Å². The molecule has 0 aliphatic rings. The molecule has 1 amide bonds. The first-order chi connectivity index (χ1) is 7.93. The lowest BCUT2D eigenvalue weighted by Gasteiger charge is -2.22. The standard InChI is InChI=1S/C13H25NO3/c1-5-7-10(8-6-2)12(15)14-11(9(3)4)13(16)17/h9-11H,5-8H2,1-4H3,(H,14,15)(H,16,17)/t11-/m1/s1. The van der Waals surface area contributed by atoms with Crippen molar-refractivity contribution < 1.29 is 14.7 Å². The Hall–Kier alpha value is -1.06. The van der Waals surface area contributed by atoms with Gasteiger partial charge in [-0.1, -0.05) is 40.5 Å². The van der Waals surface area contributed by atoms with Gasteiger partial charge in [0.2, 0.25) is 5.91 Å². The zero-order chi connectivity index (χ0) is 13.4. The van der Waals surface area contributed by atoms with Crippen LogP contribution in [0.25, 0.3) is 0 Å². The number of aliphatic carboxylic acids is 1. The maximum Gasteiger partial charge on any atom is 0.326 e. The number of carbonyl (C=O) groups is 2. The van der Waals surface area contributed by atoms with Crippen LogP contribution in [0.1, 0.15) is 53.4 Å². The van der Waals surface area contributed by atoms with E-state index in [0.29, 0.717) is 0 Å². The lowest BCUT2D eigenvalue weighted by atomic mass is 9.96. The molecular formula is C13H25NO3. The molecule has 1 atom stereocenters. The molecule has 0 unspecified atom stereocenters. The molecule has 0 fully saturated rings. The number of carbonyl (C=O) groups excluding carboxylic acids is 1. The average molecular weight is 243 g/mol. The van der Waals surface area contributed by atoms with Gasteiger partial charge in [-0.25, -0.2) is 4.79 Å². The van der Waals surface area contributed by atoms with Gasteiger partial charge in [0.05, 0.1) is 0 Å². The van der Waals surface area contributed by atoms with Crippen LogP contribution < -0.4 is 5.32 Å². The van der Waals surface area contributed by atoms with Crippen LogP contribution in [0.5, 0.6) is 0 Å². The van der Waals surface area contributed by atoms with Crippen LogP contribution in [-0.2, 0) is 9.59 Å². The Balaban J connectivity index is 4.50. The normalized spacial score (nSPS) is 12.8. The summed E-state index contributed by atoms with van der Waals surface area (Å²) in [6, 6.07) is -0.779. The first-order valence-electron chi connectivity index (χ1n) is 6.47. The minimum absolute atomic E-state index is 0.0504. The maximum absolute atomic E-state index is 12.0. The van der Waals surface area contributed by atoms with E-state index in [1.165, 1.54) is 0 Å². The minimum atomic E-state index is -0.958. The molecule has 0 aliphatic heterocycles. The Labute approximate surface area is 104 Å². The first kappa shape index (κ1) is 15.9. The fourth-order valence-corrected chi connectivity index (χ4v) is 1.89. The Morgan fingerprint density at radius 2 is 1.59 bits per heavy atom. The third-order valence-electron chi connectivity index (χ3n) is 2.88. The molecule has 0 aromatic carbocycles. The summed E-state index contributed by atoms with van der Waals surface area (Å²) in [4.78, 5) is 23.0. The minimum Gasteiger partial charge on any atom is -0.480 e. The van der Waals surface area contributed by atoms with Crippen molar-refractivity contribution in [3.8, 4) is 0 Å². The molecule has 100 valence electrons. The van der Waals surface area contributed by atoms with E-state index in [9.17, 15) is 9.59 Å². The molecule has 0 saturated carbocycles. The molecule has 2 N–H and O–H groups in total. The van der Waals surface area contributed by atoms with Crippen molar-refractivity contribution in [3.05, 3.63) is 0 Å². The highest BCUT2D eigenvalue weighted by Gasteiger charge is 2.26. The third kappa shape index (κ3) is 5.71. The van der Waals surface area contributed by atoms with Gasteiger partial charge in [-0.2, -0.15) is 0 Å². The average Bonchev–Trinajstić information content (AvgIpc) is 2.24. The topological polar surface area (TPSA) is 66.4 Å². The fraction of sp³-hybridized carbons (Fsp3) is 0.846. The second-order valence-corrected chi connectivity index (χ2v) is 4.84. The van der Waals surface area contributed by atoms with Crippen molar-refractivity contribution in [2.75, 3.05) is 0 Å². The Kier molecular flexibility index (Phi) is 7.59. The fourth-order valence-electron chi connectivity index (χ4n) is 1.89. The van der Waals surface area contributed by atoms with Gasteiger partial charge in [-0.3, -0.25) is 4.79 Å². The van der Waals surface area contributed by atoms with E-state index < -0.39 is 12.0 Å². The Morgan fingerprint density at radius 1 is 1.12 bits per heavy atom. The van der Waals surface area contributed by atoms with Gasteiger partial charge in [-0.15, -0.1) is 0 Å². The number of nitrogens with one attached hydrogen (secondary N) is 1. The summed E-state index contributed by atoms with van der Waals surface area (Å²) in [7, 11) is 0. The second-order valence-electron chi connectivity index (χ2n) is 4.84. The van der Waals surface area contributed by atoms with Crippen LogP contribution in [0.2, 0.25) is 0 Å². The predicted molar refractivity (Wildman–Crippen MR) is 67.7 cm³/mol. The highest BCUT2D eigenvalue weighted by molar-refractivity contribution is 5.85. The third-order valence-corrected chi connectivity index (χ3v) is 2.88. The molecule has 0 aromatic heterocycles. The monoisotopic (exact) mass is 243 g/mol. The largest absolute Gasteiger partial charge is 0.480 e. The van der Waals surface area contributed by atoms with Gasteiger partial charge >= 0.3 is 5.97 Å². The van der Waals surface area contributed by atoms with Gasteiger partial charge in [0.15, 0.2) is 0 Å². The zero-order valence-electron chi connectivity index (χ0n) is 11.3. The number of carboxylic acid groups (broad SMARTS) is 1. The highest BCUT2D eigenvalue weighted by Crippen LogP contribution is 2.14. The number of carboxylic acids is 1. The van der Waals surface area contributed by atoms with Crippen LogP contribution >= 0.6 is 0 Å². The summed E-state index contributed by atoms with van der Waals surface area (Å²) < 4.78 is 0. The van der Waals surface area contributed by atoms with E-state index in [0.717, 1.165) is 25.7 Å². The molecule has 17 heavy (non-hydrogen) atoms. The van der Waals surface area contributed by atoms with E-state index in [4.69, 9.17) is 5.11 Å². The molecule has 0 aliphatic carbocycles. The van der Waals surface area contributed by atoms with Gasteiger partial charge in [0, 0.05) is 5.92 Å². The van der Waals surface area contributed by atoms with Crippen LogP contribution in [0, 0.1) is 11.8 Å². The highest BCUT2D eigenvalue weighted by atomic mass is 16.4. The SMILES string of the molecule is CCCC(CCC)C(=O)N[C@@H](C(=O)O)C(C)C. The first-order valence-corrected chi connectivity index (χ1v) is 6.47. The van der Waals surface area contributed by atoms with Crippen LogP contribution in [0.15, 0.2) is 0 Å². The van der Waals surface area contributed by atoms with Gasteiger partial charge in [0.1, 0.15) is 6.04 Å². The molecule has 0 aromatic rings. The molecule has 0 radical (unpaired) electrons. The lowest BCUT2D eigenvalue weighted by Crippen LogP contribution is -2.46. The molecular weight excluding hydrogens is 218 g/mol. The van der Waals surface area contributed by atoms with Crippen LogP contribution in [0.3, 0.4) is 0 Å². The molecule has 4 heteroatoms. The van der Waals surface area contributed by atoms with Crippen LogP contribution in [0.4, 0.5) is 0 Å². The quantitative estimate of drug-likeness (QED) is 0.688. The number of hydrogen-bond donors (Lipinski definition) is 2. The smallest absolute Gasteiger partial charge is 0.326 e. The summed E-state index contributed by atoms with van der Waals surface area (Å²) >= 11 is 0. The second kappa shape index (κ2) is 8.09. The summed E-state index contributed by atoms with van der Waals surface area (Å²) in [6.45, 7) is 7.67. The van der Waals surface area contributed by atoms with Crippen molar-refractivity contribution in [1.82, 2.24) is 5.32 Å². The van der Waals surface area contributed by atoms with Crippen molar-refractivity contribution >= 4 is 11.9 Å². The molecule has 0 heterocycles. The summed E-state index contributed by atoms with van der Waals surface area (Å²) in [6.07, 6.45) is 3.53. The van der Waals surface area contributed by atoms with Gasteiger partial charge in [-0.05, 0) is 18.8 Å². The van der Waals surface area contributed by atoms with E-state index in [-0.39, 0.29) is 17.7 Å². The Morgan fingerprint density at radius 3 is 1.88 bits per heavy atom. The Bertz CT molecular complexity index is 245. The van der Waals surface area contributed by atoms with Gasteiger partial charge in [0.25, 0.3) is 0 Å². The van der Waals surface area contributed by atoms with E-state index in [2.05, 4.69) is 5.32 Å². The van der Waals surface area contributed by atoms with Crippen molar-refractivity contribution in [2.45, 2.75) is 59.4 Å². The molecule has 0 spiro atoms. The lowest BCUT2D eigenvalue weighted by molar-refractivity contribution is -0.143. The van der Waals surface area contributed by atoms with Crippen molar-refractivity contribution in [2.24, 2.45) is 11.8 Å².